The number of aliphatic hydroxyl groups excluding tert-OH is 1. The van der Waals surface area contributed by atoms with Gasteiger partial charge in [-0.15, -0.1) is 11.8 Å². The number of amides is 1. The Morgan fingerprint density at radius 3 is 2.03 bits per heavy atom. The Bertz CT molecular complexity index is 2780. The molecular formula is C54H65ClF3N4O6S3. The first kappa shape index (κ1) is 55.7. The molecule has 6 rings (SSSR count). The molecule has 17 heteroatoms. The van der Waals surface area contributed by atoms with E-state index in [1.807, 2.05) is 90.5 Å². The molecule has 0 aromatic heterocycles. The van der Waals surface area contributed by atoms with Gasteiger partial charge >= 0.3 is 5.51 Å². The van der Waals surface area contributed by atoms with E-state index in [0.717, 1.165) is 39.4 Å². The summed E-state index contributed by atoms with van der Waals surface area (Å²) in [6.45, 7) is 18.2. The van der Waals surface area contributed by atoms with Crippen molar-refractivity contribution in [2.24, 2.45) is 16.7 Å². The Hall–Kier alpha value is -4.58. The van der Waals surface area contributed by atoms with Crippen LogP contribution in [0.5, 0.6) is 0 Å². The van der Waals surface area contributed by atoms with Crippen LogP contribution in [0.15, 0.2) is 136 Å². The van der Waals surface area contributed by atoms with Gasteiger partial charge in [0.05, 0.1) is 16.7 Å². The van der Waals surface area contributed by atoms with E-state index in [9.17, 15) is 39.9 Å². The highest BCUT2D eigenvalue weighted by Crippen LogP contribution is 2.43. The fourth-order valence-corrected chi connectivity index (χ4v) is 12.4. The Morgan fingerprint density at radius 1 is 0.831 bits per heavy atom. The third kappa shape index (κ3) is 14.3. The van der Waals surface area contributed by atoms with Gasteiger partial charge in [0.15, 0.2) is 0 Å². The molecule has 2 atom stereocenters. The summed E-state index contributed by atoms with van der Waals surface area (Å²) in [4.78, 5) is 16.6. The minimum absolute atomic E-state index is 0.0207. The van der Waals surface area contributed by atoms with Crippen molar-refractivity contribution in [1.29, 1.82) is 0 Å². The molecule has 10 nitrogen and oxygen atoms in total. The van der Waals surface area contributed by atoms with Crippen molar-refractivity contribution in [3.8, 4) is 11.1 Å². The summed E-state index contributed by atoms with van der Waals surface area (Å²) in [5.74, 6) is 0.594. The smallest absolute Gasteiger partial charge is 0.388 e. The normalized spacial score (nSPS) is 15.2. The molecule has 1 fully saturated rings. The molecule has 0 aliphatic carbocycles. The third-order valence-corrected chi connectivity index (χ3v) is 17.3. The number of piperidine rings is 1. The van der Waals surface area contributed by atoms with Crippen molar-refractivity contribution in [1.82, 2.24) is 9.62 Å². The van der Waals surface area contributed by atoms with Gasteiger partial charge in [-0.05, 0) is 126 Å². The van der Waals surface area contributed by atoms with Gasteiger partial charge in [-0.1, -0.05) is 115 Å². The number of carbonyl (C=O) groups is 1. The van der Waals surface area contributed by atoms with E-state index in [4.69, 9.17) is 11.6 Å². The lowest BCUT2D eigenvalue weighted by molar-refractivity contribution is -0.0436. The lowest BCUT2D eigenvalue weighted by atomic mass is 9.66. The molecule has 0 bridgehead atoms. The van der Waals surface area contributed by atoms with Gasteiger partial charge in [0.1, 0.15) is 4.90 Å². The molecule has 1 amide bonds. The number of aliphatic hydroxyl groups is 1. The van der Waals surface area contributed by atoms with Crippen LogP contribution in [0.3, 0.4) is 0 Å². The summed E-state index contributed by atoms with van der Waals surface area (Å²) in [7, 11) is -11.0. The molecule has 3 N–H and O–H groups in total. The molecule has 71 heavy (non-hydrogen) atoms. The highest BCUT2D eigenvalue weighted by molar-refractivity contribution is 7.99. The number of halogens is 4. The van der Waals surface area contributed by atoms with Gasteiger partial charge in [0.2, 0.25) is 0 Å². The van der Waals surface area contributed by atoms with Crippen molar-refractivity contribution < 1.29 is 39.9 Å². The van der Waals surface area contributed by atoms with Crippen LogP contribution in [0.2, 0.25) is 5.02 Å². The fourth-order valence-electron chi connectivity index (χ4n) is 9.22. The Balaban J connectivity index is 1.16. The average molecular weight is 1050 g/mol. The molecule has 1 aliphatic rings. The van der Waals surface area contributed by atoms with Crippen LogP contribution in [0.4, 0.5) is 24.5 Å². The van der Waals surface area contributed by atoms with Crippen molar-refractivity contribution in [2.75, 3.05) is 48.7 Å². The van der Waals surface area contributed by atoms with Crippen LogP contribution in [0, 0.1) is 22.7 Å². The van der Waals surface area contributed by atoms with Gasteiger partial charge in [0, 0.05) is 65.1 Å². The summed E-state index contributed by atoms with van der Waals surface area (Å²) < 4.78 is 99.0. The predicted octanol–water partition coefficient (Wildman–Crippen LogP) is 12.3. The van der Waals surface area contributed by atoms with Crippen molar-refractivity contribution >= 4 is 60.5 Å². The first-order chi connectivity index (χ1) is 33.3. The van der Waals surface area contributed by atoms with E-state index in [1.54, 1.807) is 12.1 Å². The van der Waals surface area contributed by atoms with Crippen molar-refractivity contribution in [3.05, 3.63) is 143 Å². The maximum absolute atomic E-state index is 14.4. The minimum atomic E-state index is -6.10. The van der Waals surface area contributed by atoms with E-state index >= 15 is 0 Å². The number of anilines is 2. The zero-order valence-electron chi connectivity index (χ0n) is 41.3. The summed E-state index contributed by atoms with van der Waals surface area (Å²) in [5, 5.41) is 15.2. The van der Waals surface area contributed by atoms with E-state index in [-0.39, 0.29) is 22.3 Å². The number of nitrogens with one attached hydrogen (secondary N) is 2. The molecule has 1 heterocycles. The van der Waals surface area contributed by atoms with Gasteiger partial charge in [0.25, 0.3) is 25.8 Å². The van der Waals surface area contributed by atoms with E-state index in [1.165, 1.54) is 29.8 Å². The minimum Gasteiger partial charge on any atom is -0.388 e. The molecule has 0 saturated carbocycles. The van der Waals surface area contributed by atoms with Gasteiger partial charge in [-0.3, -0.25) is 4.79 Å². The second kappa shape index (κ2) is 23.1. The number of sulfonamides is 1. The predicted molar refractivity (Wildman–Crippen MR) is 281 cm³/mol. The second-order valence-corrected chi connectivity index (χ2v) is 25.2. The van der Waals surface area contributed by atoms with Crippen molar-refractivity contribution in [3.63, 3.8) is 0 Å². The topological polar surface area (TPSA) is 136 Å². The van der Waals surface area contributed by atoms with E-state index in [2.05, 4.69) is 56.7 Å². The zero-order valence-corrected chi connectivity index (χ0v) is 44.5. The molecule has 383 valence electrons. The van der Waals surface area contributed by atoms with Crippen LogP contribution >= 0.6 is 23.4 Å². The van der Waals surface area contributed by atoms with Crippen LogP contribution in [0.25, 0.3) is 11.1 Å². The number of sulfone groups is 1. The maximum Gasteiger partial charge on any atom is 0.501 e. The SMILES string of the molecule is CCN(CC[C@H](CSc1ccccc1)Nc1ccc(S(=O)(=O)NC(=O)c2ccc(N3CCC([C@@H](O)c4ccccc4-c4ccc(Cl)cc4)CC3)cc2)cc1S(=O)(=O)C(F)(F)F)C[C](C(C)(C)C)C(C)(C)C. The van der Waals surface area contributed by atoms with Crippen LogP contribution < -0.4 is 14.9 Å². The van der Waals surface area contributed by atoms with Gasteiger partial charge in [-0.25, -0.2) is 21.6 Å². The molecule has 1 aliphatic heterocycles. The zero-order chi connectivity index (χ0) is 51.9. The quantitative estimate of drug-likeness (QED) is 0.0686. The molecule has 5 aromatic carbocycles. The Kier molecular flexibility index (Phi) is 18.1. The first-order valence-electron chi connectivity index (χ1n) is 23.7. The summed E-state index contributed by atoms with van der Waals surface area (Å²) in [5.41, 5.74) is -2.94. The number of thioether (sulfide) groups is 1. The van der Waals surface area contributed by atoms with Crippen molar-refractivity contribution in [2.45, 2.75) is 100 Å². The number of rotatable bonds is 19. The van der Waals surface area contributed by atoms with E-state index < -0.39 is 58.9 Å². The number of hydrogen-bond donors (Lipinski definition) is 3. The molecular weight excluding hydrogens is 989 g/mol. The fraction of sp³-hybridized carbons (Fsp3) is 0.407. The first-order valence-corrected chi connectivity index (χ1v) is 28.1. The summed E-state index contributed by atoms with van der Waals surface area (Å²) in [6.07, 6.45) is 1.06. The second-order valence-electron chi connectivity index (χ2n) is 20.1. The van der Waals surface area contributed by atoms with Gasteiger partial charge in [-0.2, -0.15) is 13.2 Å². The monoisotopic (exact) mass is 1050 g/mol. The lowest BCUT2D eigenvalue weighted by Gasteiger charge is -2.43. The lowest BCUT2D eigenvalue weighted by Crippen LogP contribution is -2.42. The number of carbonyl (C=O) groups excluding carboxylic acids is 1. The van der Waals surface area contributed by atoms with Crippen LogP contribution in [0.1, 0.15) is 89.8 Å². The summed E-state index contributed by atoms with van der Waals surface area (Å²) in [6, 6.07) is 32.7. The van der Waals surface area contributed by atoms with Crippen LogP contribution in [-0.2, 0) is 19.9 Å². The number of benzene rings is 5. The standard InChI is InChI=1S/C54H65ClF3N4O6S3/c1-8-61(35-49(52(2,3)4)53(5,6)7)31-30-41(36-69-43-14-10-9-11-15-43)59-47-27-26-44(34-48(47)70(65,66)54(56,57)58)71(67,68)60-51(64)39-20-24-42(25-21-39)62-32-28-38(29-33-62)50(63)46-17-13-12-16-45(46)37-18-22-40(55)23-19-37/h9-27,34,38,41,50,59,63H,8,28-33,35-36H2,1-7H3,(H,60,64)/t41-,50-/m1/s1. The molecule has 0 spiro atoms. The number of hydrogen-bond acceptors (Lipinski definition) is 10. The highest BCUT2D eigenvalue weighted by Gasteiger charge is 2.48. The molecule has 1 radical (unpaired) electrons. The number of alkyl halides is 3. The third-order valence-electron chi connectivity index (χ3n) is 13.0. The average Bonchev–Trinajstić information content (AvgIpc) is 3.32. The van der Waals surface area contributed by atoms with Gasteiger partial charge < -0.3 is 20.2 Å². The molecule has 1 saturated heterocycles. The van der Waals surface area contributed by atoms with E-state index in [0.29, 0.717) is 68.8 Å². The highest BCUT2D eigenvalue weighted by atomic mass is 35.5. The van der Waals surface area contributed by atoms with Crippen LogP contribution in [-0.4, -0.2) is 82.8 Å². The summed E-state index contributed by atoms with van der Waals surface area (Å²) >= 11 is 7.57. The molecule has 5 aromatic rings. The Labute approximate surface area is 427 Å². The molecule has 0 unspecified atom stereocenters. The largest absolute Gasteiger partial charge is 0.501 e. The maximum atomic E-state index is 14.4. The number of nitrogens with zero attached hydrogens (tertiary/aromatic N) is 2. The Morgan fingerprint density at radius 2 is 1.44 bits per heavy atom.